The first-order chi connectivity index (χ1) is 9.99. The minimum absolute atomic E-state index is 0.243. The molecule has 2 amide bonds. The Morgan fingerprint density at radius 2 is 1.82 bits per heavy atom. The summed E-state index contributed by atoms with van der Waals surface area (Å²) >= 11 is 0. The number of imide groups is 1. The Hall–Kier alpha value is -0.860. The molecule has 22 heavy (non-hydrogen) atoms. The number of carbonyl (C=O) groups excluding carboxylic acids is 3. The zero-order valence-corrected chi connectivity index (χ0v) is 15.1. The molecule has 0 radical (unpaired) electrons. The fourth-order valence-electron chi connectivity index (χ4n) is 1.77. The minimum atomic E-state index is -1.67. The van der Waals surface area contributed by atoms with Gasteiger partial charge >= 0.3 is 12.1 Å². The van der Waals surface area contributed by atoms with Crippen LogP contribution >= 0.6 is 21.4 Å². The summed E-state index contributed by atoms with van der Waals surface area (Å²) in [5, 5.41) is 0. The van der Waals surface area contributed by atoms with Crippen LogP contribution in [0.4, 0.5) is 4.79 Å². The van der Waals surface area contributed by atoms with Crippen LogP contribution in [0.2, 0.25) is 0 Å². The van der Waals surface area contributed by atoms with Crippen LogP contribution < -0.4 is 0 Å². The van der Waals surface area contributed by atoms with E-state index >= 15 is 0 Å². The van der Waals surface area contributed by atoms with Gasteiger partial charge in [0.2, 0.25) is 15.1 Å². The van der Waals surface area contributed by atoms with E-state index in [1.807, 2.05) is 0 Å². The molecule has 0 saturated carbocycles. The number of nitrogens with zero attached hydrogens (tertiary/aromatic N) is 1. The summed E-state index contributed by atoms with van der Waals surface area (Å²) in [7, 11) is 8.59. The first-order valence-corrected chi connectivity index (χ1v) is 9.17. The van der Waals surface area contributed by atoms with Crippen molar-refractivity contribution in [2.75, 3.05) is 7.11 Å². The van der Waals surface area contributed by atoms with E-state index in [-0.39, 0.29) is 6.42 Å². The molecule has 1 fully saturated rings. The van der Waals surface area contributed by atoms with Crippen molar-refractivity contribution in [2.24, 2.45) is 0 Å². The molecule has 0 spiro atoms. The molecule has 128 valence electrons. The van der Waals surface area contributed by atoms with Crippen molar-refractivity contribution in [3.63, 3.8) is 0 Å². The average Bonchev–Trinajstić information content (AvgIpc) is 2.34. The van der Waals surface area contributed by atoms with Gasteiger partial charge in [0, 0.05) is 27.8 Å². The van der Waals surface area contributed by atoms with E-state index in [9.17, 15) is 14.4 Å². The molecule has 0 aromatic carbocycles. The topological polar surface area (TPSA) is 90.0 Å². The second-order valence-electron chi connectivity index (χ2n) is 5.36. The van der Waals surface area contributed by atoms with E-state index in [0.29, 0.717) is 12.8 Å². The number of esters is 1. The second kappa shape index (κ2) is 9.32. The summed E-state index contributed by atoms with van der Waals surface area (Å²) < 4.78 is 18.8. The fraction of sp³-hybridized carbons (Fsp3) is 0.750. The van der Waals surface area contributed by atoms with Gasteiger partial charge < -0.3 is 9.47 Å². The number of hydrogen-bond acceptors (Lipinski definition) is 6. The molecule has 10 heteroatoms. The lowest BCUT2D eigenvalue weighted by Crippen LogP contribution is -2.52. The molecule has 7 nitrogen and oxygen atoms in total. The number of hydrogen-bond donors (Lipinski definition) is 0. The molecule has 1 aliphatic heterocycles. The number of halogens is 2. The first-order valence-electron chi connectivity index (χ1n) is 6.36. The third-order valence-electron chi connectivity index (χ3n) is 2.51. The molecule has 0 bridgehead atoms. The normalized spacial score (nSPS) is 18.4. The molecule has 0 unspecified atom stereocenters. The summed E-state index contributed by atoms with van der Waals surface area (Å²) in [6.07, 6.45) is 0.435. The molecule has 1 aliphatic rings. The highest BCUT2D eigenvalue weighted by Gasteiger charge is 2.40. The Kier molecular flexibility index (Phi) is 8.95. The predicted molar refractivity (Wildman–Crippen MR) is 82.6 cm³/mol. The van der Waals surface area contributed by atoms with Gasteiger partial charge in [0.1, 0.15) is 11.6 Å². The lowest BCUT2D eigenvalue weighted by molar-refractivity contribution is -0.154. The predicted octanol–water partition coefficient (Wildman–Crippen LogP) is 2.52. The molecule has 0 aromatic rings. The standard InChI is InChI=1S/C12H19NO5.Cl2OS/c1-12(2,3)18-11(16)13-8(10(15)17-4)6-5-7-9(13)14;1-4(2)3/h8H,5-7H2,1-4H3;/t8-;/m1./s1. The van der Waals surface area contributed by atoms with Gasteiger partial charge in [0.25, 0.3) is 0 Å². The number of carbonyl (C=O) groups is 3. The van der Waals surface area contributed by atoms with E-state index < -0.39 is 38.8 Å². The van der Waals surface area contributed by atoms with Crippen LogP contribution in [0.5, 0.6) is 0 Å². The molecule has 1 saturated heterocycles. The highest BCUT2D eigenvalue weighted by Crippen LogP contribution is 2.22. The Morgan fingerprint density at radius 3 is 2.23 bits per heavy atom. The van der Waals surface area contributed by atoms with Crippen molar-refractivity contribution in [3.05, 3.63) is 0 Å². The molecular formula is C12H19Cl2NO6S. The summed E-state index contributed by atoms with van der Waals surface area (Å²) in [4.78, 5) is 36.1. The van der Waals surface area contributed by atoms with E-state index in [1.165, 1.54) is 7.11 Å². The van der Waals surface area contributed by atoms with Gasteiger partial charge in [-0.05, 0) is 33.6 Å². The molecule has 0 aliphatic carbocycles. The zero-order valence-electron chi connectivity index (χ0n) is 12.8. The van der Waals surface area contributed by atoms with Crippen molar-refractivity contribution >= 4 is 48.6 Å². The second-order valence-corrected chi connectivity index (χ2v) is 7.88. The summed E-state index contributed by atoms with van der Waals surface area (Å²) in [5.41, 5.74) is -0.713. The Bertz CT molecular complexity index is 447. The first kappa shape index (κ1) is 21.1. The maximum Gasteiger partial charge on any atom is 0.417 e. The maximum absolute atomic E-state index is 11.9. The van der Waals surface area contributed by atoms with Crippen molar-refractivity contribution in [1.82, 2.24) is 4.90 Å². The van der Waals surface area contributed by atoms with Crippen LogP contribution in [0.15, 0.2) is 0 Å². The lowest BCUT2D eigenvalue weighted by Gasteiger charge is -2.33. The number of amides is 2. The minimum Gasteiger partial charge on any atom is -0.467 e. The van der Waals surface area contributed by atoms with Crippen molar-refractivity contribution in [3.8, 4) is 0 Å². The van der Waals surface area contributed by atoms with E-state index in [2.05, 4.69) is 26.1 Å². The Labute approximate surface area is 140 Å². The van der Waals surface area contributed by atoms with E-state index in [4.69, 9.17) is 8.95 Å². The number of ether oxygens (including phenoxy) is 2. The quantitative estimate of drug-likeness (QED) is 0.516. The fourth-order valence-corrected chi connectivity index (χ4v) is 1.77. The van der Waals surface area contributed by atoms with Gasteiger partial charge in [-0.2, -0.15) is 0 Å². The third kappa shape index (κ3) is 7.95. The average molecular weight is 376 g/mol. The van der Waals surface area contributed by atoms with Crippen LogP contribution in [0.3, 0.4) is 0 Å². The van der Waals surface area contributed by atoms with Gasteiger partial charge in [0.05, 0.1) is 7.11 Å². The van der Waals surface area contributed by atoms with E-state index in [1.54, 1.807) is 20.8 Å². The van der Waals surface area contributed by atoms with E-state index in [0.717, 1.165) is 4.90 Å². The van der Waals surface area contributed by atoms with Crippen LogP contribution in [-0.4, -0.2) is 45.8 Å². The van der Waals surface area contributed by atoms with Gasteiger partial charge in [0.15, 0.2) is 0 Å². The number of rotatable bonds is 1. The van der Waals surface area contributed by atoms with Gasteiger partial charge in [-0.15, -0.1) is 0 Å². The number of methoxy groups -OCH3 is 1. The van der Waals surface area contributed by atoms with Gasteiger partial charge in [-0.3, -0.25) is 4.79 Å². The van der Waals surface area contributed by atoms with Crippen molar-refractivity contribution < 1.29 is 28.1 Å². The van der Waals surface area contributed by atoms with Crippen molar-refractivity contribution in [2.45, 2.75) is 51.7 Å². The smallest absolute Gasteiger partial charge is 0.417 e. The molecular weight excluding hydrogens is 357 g/mol. The monoisotopic (exact) mass is 375 g/mol. The third-order valence-corrected chi connectivity index (χ3v) is 2.51. The maximum atomic E-state index is 11.9. The van der Waals surface area contributed by atoms with Crippen molar-refractivity contribution in [1.29, 1.82) is 0 Å². The highest BCUT2D eigenvalue weighted by atomic mass is 36.0. The number of likely N-dealkylation sites (tertiary alicyclic amines) is 1. The van der Waals surface area contributed by atoms with Crippen LogP contribution in [0, 0.1) is 0 Å². The lowest BCUT2D eigenvalue weighted by atomic mass is 10.0. The summed E-state index contributed by atoms with van der Waals surface area (Å²) in [6, 6.07) is -0.869. The largest absolute Gasteiger partial charge is 0.467 e. The van der Waals surface area contributed by atoms with Crippen LogP contribution in [-0.2, 0) is 28.3 Å². The molecule has 0 aromatic heterocycles. The van der Waals surface area contributed by atoms with Crippen LogP contribution in [0.25, 0.3) is 0 Å². The molecule has 1 rings (SSSR count). The van der Waals surface area contributed by atoms with Gasteiger partial charge in [-0.25, -0.2) is 18.7 Å². The molecule has 1 atom stereocenters. The Balaban J connectivity index is 0.000000980. The Morgan fingerprint density at radius 1 is 1.32 bits per heavy atom. The van der Waals surface area contributed by atoms with Gasteiger partial charge in [-0.1, -0.05) is 0 Å². The SMILES string of the molecule is COC(=O)[C@H]1CCCC(=O)N1C(=O)OC(C)(C)C.O=S(Cl)Cl. The summed E-state index contributed by atoms with van der Waals surface area (Å²) in [5.74, 6) is -0.986. The number of piperidine rings is 1. The molecule has 0 N–H and O–H groups in total. The van der Waals surface area contributed by atoms with Crippen LogP contribution in [0.1, 0.15) is 40.0 Å². The molecule has 1 heterocycles. The summed E-state index contributed by atoms with van der Waals surface area (Å²) in [6.45, 7) is 5.10. The zero-order chi connectivity index (χ0) is 17.5. The highest BCUT2D eigenvalue weighted by molar-refractivity contribution is 8.26.